The Balaban J connectivity index is -0.0000000226. The summed E-state index contributed by atoms with van der Waals surface area (Å²) in [5, 5.41) is 14.0. The van der Waals surface area contributed by atoms with E-state index >= 15 is 0 Å². The summed E-state index contributed by atoms with van der Waals surface area (Å²) in [5.41, 5.74) is 0. The smallest absolute Gasteiger partial charge is 0.400 e. The molecule has 0 aliphatic carbocycles. The molecule has 2 N–H and O–H groups in total. The third-order valence-electron chi connectivity index (χ3n) is 0.707. The Labute approximate surface area is 99.6 Å². The van der Waals surface area contributed by atoms with Gasteiger partial charge in [0.2, 0.25) is 0 Å². The molecule has 0 fully saturated rings. The molecule has 82 valence electrons. The first kappa shape index (κ1) is 29.2. The number of hydrogen-bond donors (Lipinski definition) is 2. The standard InChI is InChI=1S/2C4H9.2CH4O.Ti/c2*1-3-4-2;2*1-2;/h2*1,3-4H2,2H3;2*2H,1H3;/q2*-1;;;+2. The van der Waals surface area contributed by atoms with Gasteiger partial charge in [-0.05, 0) is 0 Å². The van der Waals surface area contributed by atoms with Crippen LogP contribution in [-0.4, -0.2) is 24.4 Å². The van der Waals surface area contributed by atoms with E-state index in [0.29, 0.717) is 0 Å². The van der Waals surface area contributed by atoms with Crippen LogP contribution in [0.5, 0.6) is 0 Å². The summed E-state index contributed by atoms with van der Waals surface area (Å²) in [7, 11) is 2.00. The van der Waals surface area contributed by atoms with E-state index in [1.165, 1.54) is 12.8 Å². The monoisotopic (exact) mass is 226 g/mol. The third-order valence-corrected chi connectivity index (χ3v) is 0.707. The maximum absolute atomic E-state index is 7.00. The van der Waals surface area contributed by atoms with Crippen LogP contribution in [0.2, 0.25) is 0 Å². The summed E-state index contributed by atoms with van der Waals surface area (Å²) in [5.74, 6) is 0. The van der Waals surface area contributed by atoms with Crippen molar-refractivity contribution >= 4 is 0 Å². The van der Waals surface area contributed by atoms with Gasteiger partial charge in [-0.2, -0.15) is 12.8 Å². The topological polar surface area (TPSA) is 40.5 Å². The van der Waals surface area contributed by atoms with Gasteiger partial charge >= 0.3 is 21.7 Å². The second kappa shape index (κ2) is 79.6. The van der Waals surface area contributed by atoms with Crippen molar-refractivity contribution in [1.29, 1.82) is 0 Å². The van der Waals surface area contributed by atoms with E-state index in [1.807, 2.05) is 0 Å². The van der Waals surface area contributed by atoms with Crippen LogP contribution < -0.4 is 0 Å². The van der Waals surface area contributed by atoms with Crippen molar-refractivity contribution in [2.45, 2.75) is 39.5 Å². The van der Waals surface area contributed by atoms with Crippen LogP contribution in [0, 0.1) is 13.8 Å². The van der Waals surface area contributed by atoms with E-state index in [0.717, 1.165) is 27.1 Å². The van der Waals surface area contributed by atoms with Crippen LogP contribution in [0.15, 0.2) is 0 Å². The summed E-state index contributed by atoms with van der Waals surface area (Å²) in [6, 6.07) is 0. The minimum atomic E-state index is 0. The molecule has 0 aliphatic heterocycles. The summed E-state index contributed by atoms with van der Waals surface area (Å²) >= 11 is 0. The van der Waals surface area contributed by atoms with Crippen molar-refractivity contribution in [3.8, 4) is 0 Å². The summed E-state index contributed by atoms with van der Waals surface area (Å²) < 4.78 is 0. The number of aliphatic hydroxyl groups excluding tert-OH is 2. The molecule has 0 spiro atoms. The van der Waals surface area contributed by atoms with E-state index in [1.54, 1.807) is 0 Å². The van der Waals surface area contributed by atoms with Gasteiger partial charge in [0.05, 0.1) is 0 Å². The van der Waals surface area contributed by atoms with Gasteiger partial charge in [-0.1, -0.05) is 26.7 Å². The molecule has 0 amide bonds. The zero-order valence-corrected chi connectivity index (χ0v) is 11.2. The first-order valence-corrected chi connectivity index (χ1v) is 4.31. The number of rotatable bonds is 2. The van der Waals surface area contributed by atoms with Crippen LogP contribution in [0.1, 0.15) is 39.5 Å². The Bertz CT molecular complexity index is 20.9. The average molecular weight is 226 g/mol. The van der Waals surface area contributed by atoms with Gasteiger partial charge < -0.3 is 24.1 Å². The van der Waals surface area contributed by atoms with Gasteiger partial charge in [0.1, 0.15) is 0 Å². The van der Waals surface area contributed by atoms with Gasteiger partial charge in [0.15, 0.2) is 0 Å². The molecule has 0 radical (unpaired) electrons. The molecule has 0 atom stereocenters. The summed E-state index contributed by atoms with van der Waals surface area (Å²) in [4.78, 5) is 0. The SMILES string of the molecule is CO.CO.[CH2-]CCC.[CH2-]CCC.[Ti+2]. The zero-order chi connectivity index (χ0) is 10.8. The van der Waals surface area contributed by atoms with Crippen LogP contribution in [0.3, 0.4) is 0 Å². The first-order chi connectivity index (χ1) is 5.83. The van der Waals surface area contributed by atoms with Crippen molar-refractivity contribution < 1.29 is 31.9 Å². The van der Waals surface area contributed by atoms with E-state index < -0.39 is 0 Å². The molecule has 0 rings (SSSR count). The molecule has 0 aromatic rings. The fourth-order valence-electron chi connectivity index (χ4n) is 0. The van der Waals surface area contributed by atoms with Crippen molar-refractivity contribution in [3.63, 3.8) is 0 Å². The Morgan fingerprint density at radius 3 is 0.846 bits per heavy atom. The summed E-state index contributed by atoms with van der Waals surface area (Å²) in [6.07, 6.45) is 4.56. The van der Waals surface area contributed by atoms with Crippen molar-refractivity contribution in [2.24, 2.45) is 0 Å². The predicted octanol–water partition coefficient (Wildman–Crippen LogP) is 2.46. The molecule has 0 bridgehead atoms. The second-order valence-electron chi connectivity index (χ2n) is 1.71. The Hall–Kier alpha value is 0.634. The maximum Gasteiger partial charge on any atom is 2.00 e. The molecular weight excluding hydrogens is 200 g/mol. The van der Waals surface area contributed by atoms with Crippen LogP contribution in [0.25, 0.3) is 0 Å². The van der Waals surface area contributed by atoms with Crippen LogP contribution >= 0.6 is 0 Å². The molecule has 3 heteroatoms. The number of unbranched alkanes of at least 4 members (excludes halogenated alkanes) is 2. The van der Waals surface area contributed by atoms with Crippen molar-refractivity contribution in [3.05, 3.63) is 13.8 Å². The molecule has 2 nitrogen and oxygen atoms in total. The molecular formula is C10H26O2Ti. The molecule has 0 aromatic heterocycles. The third kappa shape index (κ3) is 206. The van der Waals surface area contributed by atoms with E-state index in [4.69, 9.17) is 10.2 Å². The van der Waals surface area contributed by atoms with Crippen LogP contribution in [0.4, 0.5) is 0 Å². The molecule has 0 heterocycles. The van der Waals surface area contributed by atoms with Gasteiger partial charge in [-0.15, -0.1) is 0 Å². The van der Waals surface area contributed by atoms with Gasteiger partial charge in [0.25, 0.3) is 0 Å². The number of aliphatic hydroxyl groups is 2. The quantitative estimate of drug-likeness (QED) is 0.561. The van der Waals surface area contributed by atoms with E-state index in [2.05, 4.69) is 27.7 Å². The van der Waals surface area contributed by atoms with Crippen LogP contribution in [-0.2, 0) is 21.7 Å². The normalized spacial score (nSPS) is 5.54. The van der Waals surface area contributed by atoms with E-state index in [9.17, 15) is 0 Å². The van der Waals surface area contributed by atoms with Gasteiger partial charge in [-0.25, -0.2) is 0 Å². The maximum atomic E-state index is 7.00. The van der Waals surface area contributed by atoms with E-state index in [-0.39, 0.29) is 21.7 Å². The summed E-state index contributed by atoms with van der Waals surface area (Å²) in [6.45, 7) is 11.4. The number of hydrogen-bond acceptors (Lipinski definition) is 2. The van der Waals surface area contributed by atoms with Gasteiger partial charge in [0, 0.05) is 14.2 Å². The van der Waals surface area contributed by atoms with Crippen molar-refractivity contribution in [1.82, 2.24) is 0 Å². The molecule has 0 saturated heterocycles. The van der Waals surface area contributed by atoms with Crippen molar-refractivity contribution in [2.75, 3.05) is 14.2 Å². The molecule has 0 unspecified atom stereocenters. The molecule has 0 aliphatic rings. The second-order valence-corrected chi connectivity index (χ2v) is 1.71. The average Bonchev–Trinajstić information content (AvgIpc) is 2.23. The minimum Gasteiger partial charge on any atom is -0.400 e. The minimum absolute atomic E-state index is 0. The molecule has 0 saturated carbocycles. The Morgan fingerprint density at radius 2 is 0.846 bits per heavy atom. The fourth-order valence-corrected chi connectivity index (χ4v) is 0. The predicted molar refractivity (Wildman–Crippen MR) is 56.8 cm³/mol. The first-order valence-electron chi connectivity index (χ1n) is 4.31. The Kier molecular flexibility index (Phi) is 179. The Morgan fingerprint density at radius 1 is 0.769 bits per heavy atom. The fraction of sp³-hybridized carbons (Fsp3) is 0.800. The molecule has 0 aromatic carbocycles. The zero-order valence-electron chi connectivity index (χ0n) is 9.64. The largest absolute Gasteiger partial charge is 2.00 e. The molecule has 13 heavy (non-hydrogen) atoms. The van der Waals surface area contributed by atoms with Gasteiger partial charge in [-0.3, -0.25) is 0 Å².